The molecular formula is C22H29N3O3S. The fourth-order valence-electron chi connectivity index (χ4n) is 3.48. The van der Waals surface area contributed by atoms with Gasteiger partial charge in [0.15, 0.2) is 0 Å². The first-order chi connectivity index (χ1) is 13.9. The molecule has 6 nitrogen and oxygen atoms in total. The van der Waals surface area contributed by atoms with Gasteiger partial charge in [-0.3, -0.25) is 4.79 Å². The van der Waals surface area contributed by atoms with Crippen molar-refractivity contribution >= 4 is 21.6 Å². The Morgan fingerprint density at radius 1 is 1.00 bits per heavy atom. The van der Waals surface area contributed by atoms with Gasteiger partial charge in [-0.2, -0.15) is 4.31 Å². The third-order valence-electron chi connectivity index (χ3n) is 5.31. The number of aryl methyl sites for hydroxylation is 2. The summed E-state index contributed by atoms with van der Waals surface area (Å²) in [7, 11) is -3.51. The van der Waals surface area contributed by atoms with Crippen molar-refractivity contribution in [3.63, 3.8) is 0 Å². The zero-order valence-electron chi connectivity index (χ0n) is 17.1. The maximum atomic E-state index is 13.0. The molecule has 29 heavy (non-hydrogen) atoms. The maximum absolute atomic E-state index is 13.0. The van der Waals surface area contributed by atoms with Gasteiger partial charge in [-0.05, 0) is 55.5 Å². The van der Waals surface area contributed by atoms with Crippen LogP contribution in [0.4, 0.5) is 5.69 Å². The molecule has 0 spiro atoms. The van der Waals surface area contributed by atoms with E-state index in [0.29, 0.717) is 35.8 Å². The van der Waals surface area contributed by atoms with E-state index in [1.54, 1.807) is 29.4 Å². The molecule has 2 aromatic rings. The SMILES string of the molecule is Cc1ccccc1CNC(=O)CNc1ccc(C)c(S(=O)(=O)N2CCCCC2)c1. The number of piperidine rings is 1. The van der Waals surface area contributed by atoms with E-state index in [4.69, 9.17) is 0 Å². The second-order valence-electron chi connectivity index (χ2n) is 7.50. The molecule has 0 aliphatic carbocycles. The molecule has 0 atom stereocenters. The minimum Gasteiger partial charge on any atom is -0.376 e. The summed E-state index contributed by atoms with van der Waals surface area (Å²) in [4.78, 5) is 12.5. The lowest BCUT2D eigenvalue weighted by Crippen LogP contribution is -2.36. The number of hydrogen-bond donors (Lipinski definition) is 2. The second-order valence-corrected chi connectivity index (χ2v) is 9.41. The molecule has 0 aromatic heterocycles. The molecule has 3 rings (SSSR count). The van der Waals surface area contributed by atoms with Crippen LogP contribution < -0.4 is 10.6 Å². The predicted molar refractivity (Wildman–Crippen MR) is 115 cm³/mol. The Balaban J connectivity index is 1.62. The topological polar surface area (TPSA) is 78.5 Å². The predicted octanol–water partition coefficient (Wildman–Crippen LogP) is 3.21. The lowest BCUT2D eigenvalue weighted by atomic mass is 10.1. The van der Waals surface area contributed by atoms with E-state index >= 15 is 0 Å². The zero-order chi connectivity index (χ0) is 20.9. The van der Waals surface area contributed by atoms with Crippen LogP contribution in [-0.4, -0.2) is 38.3 Å². The highest BCUT2D eigenvalue weighted by molar-refractivity contribution is 7.89. The molecule has 1 saturated heterocycles. The summed E-state index contributed by atoms with van der Waals surface area (Å²) in [5.41, 5.74) is 3.54. The van der Waals surface area contributed by atoms with E-state index in [1.165, 1.54) is 0 Å². The number of benzene rings is 2. The number of nitrogens with zero attached hydrogens (tertiary/aromatic N) is 1. The molecule has 1 aliphatic rings. The Hall–Kier alpha value is -2.38. The van der Waals surface area contributed by atoms with Crippen LogP contribution in [0.25, 0.3) is 0 Å². The van der Waals surface area contributed by atoms with Gasteiger partial charge < -0.3 is 10.6 Å². The van der Waals surface area contributed by atoms with Gasteiger partial charge in [0, 0.05) is 25.3 Å². The van der Waals surface area contributed by atoms with Crippen LogP contribution in [0.3, 0.4) is 0 Å². The summed E-state index contributed by atoms with van der Waals surface area (Å²) in [5.74, 6) is -0.144. The van der Waals surface area contributed by atoms with Gasteiger partial charge in [0.1, 0.15) is 0 Å². The van der Waals surface area contributed by atoms with E-state index in [2.05, 4.69) is 10.6 Å². The molecule has 7 heteroatoms. The van der Waals surface area contributed by atoms with Crippen molar-refractivity contribution in [2.75, 3.05) is 25.0 Å². The van der Waals surface area contributed by atoms with E-state index in [0.717, 1.165) is 30.4 Å². The number of sulfonamides is 1. The van der Waals surface area contributed by atoms with Crippen LogP contribution in [0.15, 0.2) is 47.4 Å². The van der Waals surface area contributed by atoms with Crippen molar-refractivity contribution in [3.8, 4) is 0 Å². The highest BCUT2D eigenvalue weighted by Gasteiger charge is 2.27. The molecule has 0 saturated carbocycles. The van der Waals surface area contributed by atoms with Crippen molar-refractivity contribution in [3.05, 3.63) is 59.2 Å². The molecule has 2 aromatic carbocycles. The molecule has 1 aliphatic heterocycles. The molecular weight excluding hydrogens is 386 g/mol. The second kappa shape index (κ2) is 9.41. The molecule has 0 unspecified atom stereocenters. The smallest absolute Gasteiger partial charge is 0.243 e. The minimum absolute atomic E-state index is 0.0815. The lowest BCUT2D eigenvalue weighted by Gasteiger charge is -2.26. The number of carbonyl (C=O) groups excluding carboxylic acids is 1. The van der Waals surface area contributed by atoms with E-state index in [-0.39, 0.29) is 12.5 Å². The Labute approximate surface area is 173 Å². The van der Waals surface area contributed by atoms with Crippen LogP contribution in [0.5, 0.6) is 0 Å². The number of anilines is 1. The fourth-order valence-corrected chi connectivity index (χ4v) is 5.25. The van der Waals surface area contributed by atoms with Crippen LogP contribution >= 0.6 is 0 Å². The summed E-state index contributed by atoms with van der Waals surface area (Å²) in [5, 5.41) is 5.93. The van der Waals surface area contributed by atoms with Crippen LogP contribution in [0.2, 0.25) is 0 Å². The van der Waals surface area contributed by atoms with Gasteiger partial charge in [-0.25, -0.2) is 8.42 Å². The van der Waals surface area contributed by atoms with E-state index < -0.39 is 10.0 Å². The van der Waals surface area contributed by atoms with Crippen molar-refractivity contribution in [1.29, 1.82) is 0 Å². The Morgan fingerprint density at radius 2 is 1.72 bits per heavy atom. The lowest BCUT2D eigenvalue weighted by molar-refractivity contribution is -0.119. The monoisotopic (exact) mass is 415 g/mol. The summed E-state index contributed by atoms with van der Waals surface area (Å²) >= 11 is 0. The summed E-state index contributed by atoms with van der Waals surface area (Å²) < 4.78 is 27.6. The van der Waals surface area contributed by atoms with Crippen molar-refractivity contribution in [2.45, 2.75) is 44.6 Å². The van der Waals surface area contributed by atoms with Crippen LogP contribution in [-0.2, 0) is 21.4 Å². The molecule has 1 fully saturated rings. The van der Waals surface area contributed by atoms with E-state index in [1.807, 2.05) is 31.2 Å². The normalized spacial score (nSPS) is 15.1. The largest absolute Gasteiger partial charge is 0.376 e. The Morgan fingerprint density at radius 3 is 2.45 bits per heavy atom. The first kappa shape index (κ1) is 21.3. The van der Waals surface area contributed by atoms with Gasteiger partial charge in [0.2, 0.25) is 15.9 Å². The maximum Gasteiger partial charge on any atom is 0.243 e. The molecule has 1 amide bonds. The third kappa shape index (κ3) is 5.36. The van der Waals surface area contributed by atoms with E-state index in [9.17, 15) is 13.2 Å². The highest BCUT2D eigenvalue weighted by atomic mass is 32.2. The number of amides is 1. The number of rotatable bonds is 7. The molecule has 1 heterocycles. The summed E-state index contributed by atoms with van der Waals surface area (Å²) in [6, 6.07) is 13.1. The fraction of sp³-hybridized carbons (Fsp3) is 0.409. The summed E-state index contributed by atoms with van der Waals surface area (Å²) in [6.07, 6.45) is 2.87. The molecule has 0 bridgehead atoms. The van der Waals surface area contributed by atoms with Gasteiger partial charge in [-0.1, -0.05) is 36.8 Å². The Bertz CT molecular complexity index is 967. The van der Waals surface area contributed by atoms with Crippen molar-refractivity contribution in [2.24, 2.45) is 0 Å². The van der Waals surface area contributed by atoms with Crippen LogP contribution in [0, 0.1) is 13.8 Å². The molecule has 2 N–H and O–H groups in total. The van der Waals surface area contributed by atoms with Crippen molar-refractivity contribution < 1.29 is 13.2 Å². The first-order valence-corrected chi connectivity index (χ1v) is 11.5. The molecule has 0 radical (unpaired) electrons. The quantitative estimate of drug-likeness (QED) is 0.728. The number of hydrogen-bond acceptors (Lipinski definition) is 4. The van der Waals surface area contributed by atoms with Gasteiger partial charge in [0.05, 0.1) is 11.4 Å². The Kier molecular flexibility index (Phi) is 6.92. The number of carbonyl (C=O) groups is 1. The molecule has 156 valence electrons. The van der Waals surface area contributed by atoms with Gasteiger partial charge in [0.25, 0.3) is 0 Å². The average Bonchev–Trinajstić information content (AvgIpc) is 2.73. The van der Waals surface area contributed by atoms with Gasteiger partial charge >= 0.3 is 0 Å². The highest BCUT2D eigenvalue weighted by Crippen LogP contribution is 2.26. The van der Waals surface area contributed by atoms with Crippen molar-refractivity contribution in [1.82, 2.24) is 9.62 Å². The van der Waals surface area contributed by atoms with Crippen LogP contribution in [0.1, 0.15) is 36.0 Å². The van der Waals surface area contributed by atoms with Gasteiger partial charge in [-0.15, -0.1) is 0 Å². The minimum atomic E-state index is -3.51. The third-order valence-corrected chi connectivity index (χ3v) is 7.35. The number of nitrogens with one attached hydrogen (secondary N) is 2. The first-order valence-electron chi connectivity index (χ1n) is 10.0. The standard InChI is InChI=1S/C22H29N3O3S/c1-17-8-4-5-9-19(17)15-24-22(26)16-23-20-11-10-18(2)21(14-20)29(27,28)25-12-6-3-7-13-25/h4-5,8-11,14,23H,3,6-7,12-13,15-16H2,1-2H3,(H,24,26). The average molecular weight is 416 g/mol. The summed E-state index contributed by atoms with van der Waals surface area (Å²) in [6.45, 7) is 5.50. The zero-order valence-corrected chi connectivity index (χ0v) is 17.9.